The molecule has 1 aromatic rings. The second-order valence-corrected chi connectivity index (χ2v) is 7.72. The van der Waals surface area contributed by atoms with Crippen LogP contribution in [0.3, 0.4) is 0 Å². The van der Waals surface area contributed by atoms with E-state index in [2.05, 4.69) is 21.2 Å². The lowest BCUT2D eigenvalue weighted by Crippen LogP contribution is -2.47. The molecular formula is C17H22BrNO4. The highest BCUT2D eigenvalue weighted by Crippen LogP contribution is 2.36. The molecule has 0 spiro atoms. The lowest BCUT2D eigenvalue weighted by atomic mass is 9.79. The van der Waals surface area contributed by atoms with E-state index in [1.807, 2.05) is 18.2 Å². The van der Waals surface area contributed by atoms with Crippen LogP contribution >= 0.6 is 15.9 Å². The molecule has 0 saturated heterocycles. The van der Waals surface area contributed by atoms with Crippen LogP contribution in [-0.2, 0) is 16.0 Å². The zero-order chi connectivity index (χ0) is 17.2. The molecule has 2 rings (SSSR count). The van der Waals surface area contributed by atoms with Crippen molar-refractivity contribution in [3.63, 3.8) is 0 Å². The summed E-state index contributed by atoms with van der Waals surface area (Å²) in [6, 6.07) is 4.92. The van der Waals surface area contributed by atoms with Crippen molar-refractivity contribution in [3.05, 3.63) is 33.8 Å². The minimum atomic E-state index is -1.05. The number of alkyl carbamates (subject to hydrolysis) is 1. The third-order valence-corrected chi connectivity index (χ3v) is 4.30. The highest BCUT2D eigenvalue weighted by atomic mass is 79.9. The van der Waals surface area contributed by atoms with Gasteiger partial charge in [0.15, 0.2) is 0 Å². The van der Waals surface area contributed by atoms with Crippen LogP contribution in [0.4, 0.5) is 4.79 Å². The molecule has 0 radical (unpaired) electrons. The molecule has 6 heteroatoms. The van der Waals surface area contributed by atoms with E-state index in [-0.39, 0.29) is 5.92 Å². The number of nitrogens with one attached hydrogen (secondary N) is 1. The minimum absolute atomic E-state index is 0.263. The number of hydrogen-bond donors (Lipinski definition) is 2. The number of fused-ring (bicyclic) bond motifs is 1. The van der Waals surface area contributed by atoms with Gasteiger partial charge in [0.2, 0.25) is 0 Å². The standard InChI is InChI=1S/C17H22BrNO4/c1-17(2,3)23-16(22)19-14(15(20)21)12-6-4-5-10-7-8-11(18)9-13(10)12/h7-9,12,14H,4-6H2,1-3H3,(H,19,22)(H,20,21)/t12-,14?/m1/s1. The summed E-state index contributed by atoms with van der Waals surface area (Å²) in [6.45, 7) is 5.24. The zero-order valence-corrected chi connectivity index (χ0v) is 15.1. The third-order valence-electron chi connectivity index (χ3n) is 3.81. The normalized spacial score (nSPS) is 18.7. The number of amides is 1. The van der Waals surface area contributed by atoms with Gasteiger partial charge in [-0.25, -0.2) is 9.59 Å². The average molecular weight is 384 g/mol. The quantitative estimate of drug-likeness (QED) is 0.830. The maximum Gasteiger partial charge on any atom is 0.408 e. The Morgan fingerprint density at radius 2 is 2.09 bits per heavy atom. The average Bonchev–Trinajstić information content (AvgIpc) is 2.42. The molecule has 5 nitrogen and oxygen atoms in total. The first kappa shape index (κ1) is 17.8. The Morgan fingerprint density at radius 1 is 1.39 bits per heavy atom. The van der Waals surface area contributed by atoms with Crippen molar-refractivity contribution in [1.29, 1.82) is 0 Å². The molecule has 0 saturated carbocycles. The molecule has 2 atom stereocenters. The molecule has 1 amide bonds. The summed E-state index contributed by atoms with van der Waals surface area (Å²) in [6.07, 6.45) is 1.85. The van der Waals surface area contributed by atoms with Crippen molar-refractivity contribution in [2.24, 2.45) is 0 Å². The van der Waals surface area contributed by atoms with Crippen LogP contribution in [0.15, 0.2) is 22.7 Å². The van der Waals surface area contributed by atoms with E-state index in [9.17, 15) is 14.7 Å². The van der Waals surface area contributed by atoms with Gasteiger partial charge in [-0.3, -0.25) is 0 Å². The molecule has 0 aromatic heterocycles. The molecule has 0 aliphatic heterocycles. The highest BCUT2D eigenvalue weighted by molar-refractivity contribution is 9.10. The fourth-order valence-electron chi connectivity index (χ4n) is 2.92. The van der Waals surface area contributed by atoms with Crippen LogP contribution in [0.1, 0.15) is 50.7 Å². The van der Waals surface area contributed by atoms with Crippen LogP contribution in [0.5, 0.6) is 0 Å². The fraction of sp³-hybridized carbons (Fsp3) is 0.529. The van der Waals surface area contributed by atoms with Gasteiger partial charge in [-0.2, -0.15) is 0 Å². The second-order valence-electron chi connectivity index (χ2n) is 6.80. The number of aliphatic carboxylic acids is 1. The summed E-state index contributed by atoms with van der Waals surface area (Å²) in [5.41, 5.74) is 1.46. The Labute approximate surface area is 144 Å². The first-order valence-electron chi connectivity index (χ1n) is 7.68. The summed E-state index contributed by atoms with van der Waals surface area (Å²) in [5.74, 6) is -1.31. The topological polar surface area (TPSA) is 75.6 Å². The van der Waals surface area contributed by atoms with Crippen LogP contribution in [-0.4, -0.2) is 28.8 Å². The van der Waals surface area contributed by atoms with Gasteiger partial charge in [0.05, 0.1) is 0 Å². The predicted molar refractivity (Wildman–Crippen MR) is 90.6 cm³/mol. The van der Waals surface area contributed by atoms with Crippen LogP contribution < -0.4 is 5.32 Å². The molecular weight excluding hydrogens is 362 g/mol. The SMILES string of the molecule is CC(C)(C)OC(=O)NC(C(=O)O)[C@@H]1CCCc2ccc(Br)cc21. The van der Waals surface area contributed by atoms with E-state index < -0.39 is 23.7 Å². The van der Waals surface area contributed by atoms with E-state index in [4.69, 9.17) is 4.74 Å². The lowest BCUT2D eigenvalue weighted by Gasteiger charge is -2.31. The van der Waals surface area contributed by atoms with E-state index in [0.717, 1.165) is 34.9 Å². The molecule has 1 aromatic carbocycles. The van der Waals surface area contributed by atoms with Gasteiger partial charge < -0.3 is 15.2 Å². The number of carboxylic acid groups (broad SMARTS) is 1. The Kier molecular flexibility index (Phi) is 5.34. The van der Waals surface area contributed by atoms with Crippen molar-refractivity contribution in [1.82, 2.24) is 5.32 Å². The van der Waals surface area contributed by atoms with Gasteiger partial charge in [0, 0.05) is 10.4 Å². The molecule has 1 unspecified atom stereocenters. The van der Waals surface area contributed by atoms with Crippen molar-refractivity contribution in [2.45, 2.75) is 57.6 Å². The number of ether oxygens (including phenoxy) is 1. The molecule has 2 N–H and O–H groups in total. The summed E-state index contributed by atoms with van der Waals surface area (Å²) in [7, 11) is 0. The summed E-state index contributed by atoms with van der Waals surface area (Å²) >= 11 is 3.44. The summed E-state index contributed by atoms with van der Waals surface area (Å²) in [5, 5.41) is 12.1. The van der Waals surface area contributed by atoms with Gasteiger partial charge in [-0.05, 0) is 63.3 Å². The van der Waals surface area contributed by atoms with E-state index >= 15 is 0 Å². The fourth-order valence-corrected chi connectivity index (χ4v) is 3.30. The van der Waals surface area contributed by atoms with Gasteiger partial charge in [-0.15, -0.1) is 0 Å². The van der Waals surface area contributed by atoms with E-state index in [1.54, 1.807) is 20.8 Å². The van der Waals surface area contributed by atoms with Crippen LogP contribution in [0.25, 0.3) is 0 Å². The monoisotopic (exact) mass is 383 g/mol. The first-order chi connectivity index (χ1) is 10.7. The smallest absolute Gasteiger partial charge is 0.408 e. The van der Waals surface area contributed by atoms with Crippen LogP contribution in [0, 0.1) is 0 Å². The van der Waals surface area contributed by atoms with E-state index in [1.165, 1.54) is 0 Å². The van der Waals surface area contributed by atoms with Gasteiger partial charge in [-0.1, -0.05) is 22.0 Å². The molecule has 0 fully saturated rings. The molecule has 0 bridgehead atoms. The molecule has 1 aliphatic carbocycles. The predicted octanol–water partition coefficient (Wildman–Crippen LogP) is 3.85. The van der Waals surface area contributed by atoms with Crippen LogP contribution in [0.2, 0.25) is 0 Å². The zero-order valence-electron chi connectivity index (χ0n) is 13.6. The number of halogens is 1. The first-order valence-corrected chi connectivity index (χ1v) is 8.47. The van der Waals surface area contributed by atoms with Crippen molar-refractivity contribution < 1.29 is 19.4 Å². The largest absolute Gasteiger partial charge is 0.480 e. The molecule has 23 heavy (non-hydrogen) atoms. The maximum atomic E-state index is 12.0. The number of rotatable bonds is 3. The maximum absolute atomic E-state index is 12.0. The van der Waals surface area contributed by atoms with Gasteiger partial charge in [0.1, 0.15) is 11.6 Å². The number of aryl methyl sites for hydroxylation is 1. The Balaban J connectivity index is 2.24. The number of carbonyl (C=O) groups excluding carboxylic acids is 1. The minimum Gasteiger partial charge on any atom is -0.480 e. The molecule has 1 aliphatic rings. The Bertz CT molecular complexity index is 609. The third kappa shape index (κ3) is 4.70. The Hall–Kier alpha value is -1.56. The number of carboxylic acids is 1. The van der Waals surface area contributed by atoms with Gasteiger partial charge >= 0.3 is 12.1 Å². The van der Waals surface area contributed by atoms with Gasteiger partial charge in [0.25, 0.3) is 0 Å². The second kappa shape index (κ2) is 6.91. The summed E-state index contributed by atoms with van der Waals surface area (Å²) < 4.78 is 6.11. The summed E-state index contributed by atoms with van der Waals surface area (Å²) in [4.78, 5) is 23.7. The van der Waals surface area contributed by atoms with E-state index in [0.29, 0.717) is 0 Å². The number of benzene rings is 1. The number of hydrogen-bond acceptors (Lipinski definition) is 3. The van der Waals surface area contributed by atoms with Crippen molar-refractivity contribution >= 4 is 28.0 Å². The number of carbonyl (C=O) groups is 2. The molecule has 0 heterocycles. The molecule has 126 valence electrons. The lowest BCUT2D eigenvalue weighted by molar-refractivity contribution is -0.140. The highest BCUT2D eigenvalue weighted by Gasteiger charge is 2.35. The Morgan fingerprint density at radius 3 is 2.70 bits per heavy atom. The van der Waals surface area contributed by atoms with Crippen molar-refractivity contribution in [3.8, 4) is 0 Å². The van der Waals surface area contributed by atoms with Crippen molar-refractivity contribution in [2.75, 3.05) is 0 Å².